The van der Waals surface area contributed by atoms with Gasteiger partial charge in [-0.3, -0.25) is 10.1 Å². The average Bonchev–Trinajstić information content (AvgIpc) is 2.56. The zero-order valence-electron chi connectivity index (χ0n) is 8.41. The van der Waals surface area contributed by atoms with Crippen LogP contribution in [0.15, 0.2) is 0 Å². The third-order valence-electron chi connectivity index (χ3n) is 3.15. The fourth-order valence-corrected chi connectivity index (χ4v) is 2.23. The van der Waals surface area contributed by atoms with Crippen molar-refractivity contribution < 1.29 is 14.3 Å². The quantitative estimate of drug-likeness (QED) is 0.510. The van der Waals surface area contributed by atoms with Gasteiger partial charge in [0.25, 0.3) is 5.91 Å². The molecule has 2 aliphatic rings. The van der Waals surface area contributed by atoms with Crippen LogP contribution in [0.3, 0.4) is 0 Å². The Balaban J connectivity index is 2.20. The lowest BCUT2D eigenvalue weighted by Gasteiger charge is -2.35. The highest BCUT2D eigenvalue weighted by Gasteiger charge is 2.51. The van der Waals surface area contributed by atoms with Crippen molar-refractivity contribution in [2.24, 2.45) is 11.7 Å². The number of carbonyl (C=O) groups is 2. The van der Waals surface area contributed by atoms with E-state index in [1.54, 1.807) is 0 Å². The van der Waals surface area contributed by atoms with Crippen LogP contribution < -0.4 is 16.4 Å². The van der Waals surface area contributed by atoms with Crippen LogP contribution in [0.5, 0.6) is 0 Å². The van der Waals surface area contributed by atoms with Gasteiger partial charge in [0.05, 0.1) is 6.61 Å². The van der Waals surface area contributed by atoms with E-state index >= 15 is 0 Å². The van der Waals surface area contributed by atoms with Gasteiger partial charge in [0.2, 0.25) is 0 Å². The fourth-order valence-electron chi connectivity index (χ4n) is 2.23. The van der Waals surface area contributed by atoms with E-state index in [0.29, 0.717) is 13.2 Å². The van der Waals surface area contributed by atoms with Crippen LogP contribution in [0.2, 0.25) is 0 Å². The minimum Gasteiger partial charge on any atom is -0.381 e. The molecule has 2 fully saturated rings. The number of imide groups is 1. The largest absolute Gasteiger partial charge is 0.381 e. The predicted molar refractivity (Wildman–Crippen MR) is 52.0 cm³/mol. The van der Waals surface area contributed by atoms with Crippen LogP contribution in [0.1, 0.15) is 12.8 Å². The molecule has 3 amide bonds. The Morgan fingerprint density at radius 1 is 1.53 bits per heavy atom. The summed E-state index contributed by atoms with van der Waals surface area (Å²) in [5.41, 5.74) is 4.66. The maximum absolute atomic E-state index is 11.7. The van der Waals surface area contributed by atoms with Crippen LogP contribution in [0.25, 0.3) is 0 Å². The molecule has 6 nitrogen and oxygen atoms in total. The molecule has 6 heteroatoms. The molecule has 84 valence electrons. The number of amides is 3. The molecule has 0 radical (unpaired) electrons. The van der Waals surface area contributed by atoms with E-state index in [9.17, 15) is 9.59 Å². The van der Waals surface area contributed by atoms with Crippen LogP contribution in [0.4, 0.5) is 4.79 Å². The topological polar surface area (TPSA) is 93.4 Å². The highest BCUT2D eigenvalue weighted by molar-refractivity contribution is 6.07. The van der Waals surface area contributed by atoms with Crippen molar-refractivity contribution in [3.05, 3.63) is 0 Å². The molecule has 2 rings (SSSR count). The van der Waals surface area contributed by atoms with E-state index < -0.39 is 11.6 Å². The molecule has 4 N–H and O–H groups in total. The van der Waals surface area contributed by atoms with Crippen molar-refractivity contribution in [2.45, 2.75) is 18.4 Å². The summed E-state index contributed by atoms with van der Waals surface area (Å²) < 4.78 is 5.32. The van der Waals surface area contributed by atoms with Crippen LogP contribution in [-0.4, -0.2) is 37.2 Å². The van der Waals surface area contributed by atoms with Crippen molar-refractivity contribution >= 4 is 11.9 Å². The van der Waals surface area contributed by atoms with Crippen molar-refractivity contribution in [2.75, 3.05) is 19.8 Å². The third-order valence-corrected chi connectivity index (χ3v) is 3.15. The van der Waals surface area contributed by atoms with Crippen molar-refractivity contribution in [1.82, 2.24) is 10.6 Å². The zero-order valence-corrected chi connectivity index (χ0v) is 8.41. The molecular weight excluding hydrogens is 198 g/mol. The molecule has 0 spiro atoms. The van der Waals surface area contributed by atoms with Crippen molar-refractivity contribution in [3.63, 3.8) is 0 Å². The smallest absolute Gasteiger partial charge is 0.322 e. The van der Waals surface area contributed by atoms with Gasteiger partial charge in [-0.05, 0) is 12.8 Å². The van der Waals surface area contributed by atoms with Gasteiger partial charge in [0, 0.05) is 19.1 Å². The Bertz CT molecular complexity index is 288. The molecule has 15 heavy (non-hydrogen) atoms. The average molecular weight is 213 g/mol. The lowest BCUT2D eigenvalue weighted by molar-refractivity contribution is -0.127. The lowest BCUT2D eigenvalue weighted by Crippen LogP contribution is -2.60. The zero-order chi connectivity index (χ0) is 10.9. The summed E-state index contributed by atoms with van der Waals surface area (Å²) in [4.78, 5) is 22.8. The first-order valence-corrected chi connectivity index (χ1v) is 5.10. The predicted octanol–water partition coefficient (Wildman–Crippen LogP) is -1.05. The van der Waals surface area contributed by atoms with Gasteiger partial charge in [-0.15, -0.1) is 0 Å². The number of carbonyl (C=O) groups excluding carboxylic acids is 2. The van der Waals surface area contributed by atoms with Gasteiger partial charge in [-0.25, -0.2) is 4.79 Å². The molecule has 0 aromatic carbocycles. The number of ether oxygens (including phenoxy) is 1. The number of hydrogen-bond donors (Lipinski definition) is 3. The van der Waals surface area contributed by atoms with Gasteiger partial charge in [0.1, 0.15) is 5.54 Å². The molecule has 2 heterocycles. The summed E-state index contributed by atoms with van der Waals surface area (Å²) >= 11 is 0. The van der Waals surface area contributed by atoms with Gasteiger partial charge in [0.15, 0.2) is 0 Å². The molecular formula is C9H15N3O3. The normalized spacial score (nSPS) is 36.2. The first-order valence-electron chi connectivity index (χ1n) is 5.10. The van der Waals surface area contributed by atoms with E-state index in [1.165, 1.54) is 0 Å². The molecule has 0 aromatic heterocycles. The van der Waals surface area contributed by atoms with E-state index in [1.807, 2.05) is 0 Å². The second kappa shape index (κ2) is 3.79. The van der Waals surface area contributed by atoms with Crippen molar-refractivity contribution in [3.8, 4) is 0 Å². The molecule has 0 aliphatic carbocycles. The third kappa shape index (κ3) is 1.59. The van der Waals surface area contributed by atoms with E-state index in [0.717, 1.165) is 12.8 Å². The summed E-state index contributed by atoms with van der Waals surface area (Å²) in [6.45, 7) is 1.30. The molecule has 2 unspecified atom stereocenters. The Kier molecular flexibility index (Phi) is 2.62. The van der Waals surface area contributed by atoms with E-state index in [-0.39, 0.29) is 18.4 Å². The molecule has 0 bridgehead atoms. The van der Waals surface area contributed by atoms with Gasteiger partial charge in [-0.1, -0.05) is 0 Å². The summed E-state index contributed by atoms with van der Waals surface area (Å²) in [6, 6.07) is -0.462. The minimum absolute atomic E-state index is 0.0253. The van der Waals surface area contributed by atoms with Crippen molar-refractivity contribution in [1.29, 1.82) is 0 Å². The summed E-state index contributed by atoms with van der Waals surface area (Å²) in [5.74, 6) is -0.354. The van der Waals surface area contributed by atoms with Gasteiger partial charge < -0.3 is 15.8 Å². The van der Waals surface area contributed by atoms with Crippen LogP contribution in [0, 0.1) is 5.92 Å². The number of nitrogens with two attached hydrogens (primary N) is 1. The number of urea groups is 1. The Hall–Kier alpha value is -1.14. The van der Waals surface area contributed by atoms with E-state index in [2.05, 4.69) is 10.6 Å². The minimum atomic E-state index is -0.961. The summed E-state index contributed by atoms with van der Waals surface area (Å²) in [5, 5.41) is 4.86. The molecule has 2 aliphatic heterocycles. The van der Waals surface area contributed by atoms with Gasteiger partial charge >= 0.3 is 6.03 Å². The molecule has 0 saturated carbocycles. The summed E-state index contributed by atoms with van der Waals surface area (Å²) in [6.07, 6.45) is 1.75. The highest BCUT2D eigenvalue weighted by atomic mass is 16.5. The number of hydrogen-bond acceptors (Lipinski definition) is 4. The first-order chi connectivity index (χ1) is 7.19. The van der Waals surface area contributed by atoms with Crippen LogP contribution in [-0.2, 0) is 9.53 Å². The monoisotopic (exact) mass is 213 g/mol. The number of rotatable bonds is 2. The standard InChI is InChI=1S/C9H15N3O3/c10-5-9(6-2-1-3-15-4-6)7(13)11-8(14)12-9/h6H,1-5,10H2,(H2,11,12,13,14). The lowest BCUT2D eigenvalue weighted by atomic mass is 9.80. The maximum atomic E-state index is 11.7. The van der Waals surface area contributed by atoms with E-state index in [4.69, 9.17) is 10.5 Å². The van der Waals surface area contributed by atoms with Crippen LogP contribution >= 0.6 is 0 Å². The Morgan fingerprint density at radius 3 is 2.80 bits per heavy atom. The number of nitrogens with one attached hydrogen (secondary N) is 2. The fraction of sp³-hybridized carbons (Fsp3) is 0.778. The molecule has 2 atom stereocenters. The SMILES string of the molecule is NCC1(C2CCCOC2)NC(=O)NC1=O. The Morgan fingerprint density at radius 2 is 2.33 bits per heavy atom. The first kappa shape index (κ1) is 10.4. The molecule has 0 aromatic rings. The maximum Gasteiger partial charge on any atom is 0.322 e. The molecule has 2 saturated heterocycles. The highest BCUT2D eigenvalue weighted by Crippen LogP contribution is 2.28. The second-order valence-corrected chi connectivity index (χ2v) is 4.00. The second-order valence-electron chi connectivity index (χ2n) is 4.00. The summed E-state index contributed by atoms with van der Waals surface area (Å²) in [7, 11) is 0. The van der Waals surface area contributed by atoms with Gasteiger partial charge in [-0.2, -0.15) is 0 Å². The Labute approximate surface area is 87.5 Å².